The van der Waals surface area contributed by atoms with Gasteiger partial charge in [0, 0.05) is 20.3 Å². The Morgan fingerprint density at radius 1 is 1.37 bits per heavy atom. The summed E-state index contributed by atoms with van der Waals surface area (Å²) >= 11 is 0. The summed E-state index contributed by atoms with van der Waals surface area (Å²) in [7, 11) is 1.60. The summed E-state index contributed by atoms with van der Waals surface area (Å²) in [6.07, 6.45) is 0.694. The average molecular weight is 271 g/mol. The number of carbonyl (C=O) groups is 1. The largest absolute Gasteiger partial charge is 0.478 e. The second kappa shape index (κ2) is 8.44. The maximum atomic E-state index is 13.4. The third kappa shape index (κ3) is 5.23. The molecule has 6 heteroatoms. The molecular weight excluding hydrogens is 253 g/mol. The lowest BCUT2D eigenvalue weighted by atomic mass is 10.1. The standard InChI is InChI=1S/C13H18FNO4/c1-18-8-9-19-7-3-6-15-11-5-2-4-10(14)12(11)13(16)17/h2,4-5,15H,3,6-9H2,1H3,(H,16,17). The second-order valence-electron chi connectivity index (χ2n) is 3.85. The average Bonchev–Trinajstić information content (AvgIpc) is 2.37. The Balaban J connectivity index is 2.37. The number of carboxylic acid groups (broad SMARTS) is 1. The third-order valence-electron chi connectivity index (χ3n) is 2.44. The van der Waals surface area contributed by atoms with Crippen molar-refractivity contribution in [2.45, 2.75) is 6.42 Å². The van der Waals surface area contributed by atoms with Gasteiger partial charge in [-0.05, 0) is 18.6 Å². The summed E-state index contributed by atoms with van der Waals surface area (Å²) in [6.45, 7) is 2.11. The number of nitrogens with one attached hydrogen (secondary N) is 1. The molecule has 0 heterocycles. The summed E-state index contributed by atoms with van der Waals surface area (Å²) in [5.74, 6) is -2.02. The van der Waals surface area contributed by atoms with Crippen LogP contribution >= 0.6 is 0 Å². The Bertz CT molecular complexity index is 412. The third-order valence-corrected chi connectivity index (χ3v) is 2.44. The molecule has 0 spiro atoms. The number of carboxylic acids is 1. The van der Waals surface area contributed by atoms with E-state index >= 15 is 0 Å². The van der Waals surface area contributed by atoms with Crippen LogP contribution in [0.3, 0.4) is 0 Å². The fourth-order valence-corrected chi connectivity index (χ4v) is 1.53. The molecule has 0 radical (unpaired) electrons. The van der Waals surface area contributed by atoms with Crippen molar-refractivity contribution < 1.29 is 23.8 Å². The number of methoxy groups -OCH3 is 1. The molecule has 0 bridgehead atoms. The van der Waals surface area contributed by atoms with Gasteiger partial charge in [-0.1, -0.05) is 6.07 Å². The zero-order valence-corrected chi connectivity index (χ0v) is 10.8. The summed E-state index contributed by atoms with van der Waals surface area (Å²) in [4.78, 5) is 10.9. The highest BCUT2D eigenvalue weighted by molar-refractivity contribution is 5.94. The van der Waals surface area contributed by atoms with Crippen molar-refractivity contribution >= 4 is 11.7 Å². The summed E-state index contributed by atoms with van der Waals surface area (Å²) in [6, 6.07) is 4.14. The van der Waals surface area contributed by atoms with Crippen LogP contribution < -0.4 is 5.32 Å². The monoisotopic (exact) mass is 271 g/mol. The molecule has 0 fully saturated rings. The van der Waals surface area contributed by atoms with E-state index < -0.39 is 11.8 Å². The lowest BCUT2D eigenvalue weighted by molar-refractivity contribution is 0.0692. The van der Waals surface area contributed by atoms with Crippen LogP contribution in [0, 0.1) is 5.82 Å². The maximum Gasteiger partial charge on any atom is 0.340 e. The molecule has 2 N–H and O–H groups in total. The molecule has 0 atom stereocenters. The van der Waals surface area contributed by atoms with E-state index in [1.807, 2.05) is 0 Å². The van der Waals surface area contributed by atoms with Crippen molar-refractivity contribution in [2.24, 2.45) is 0 Å². The van der Waals surface area contributed by atoms with Crippen molar-refractivity contribution in [1.82, 2.24) is 0 Å². The van der Waals surface area contributed by atoms with E-state index in [4.69, 9.17) is 14.6 Å². The Kier molecular flexibility index (Phi) is 6.84. The molecule has 0 amide bonds. The first kappa shape index (κ1) is 15.4. The molecule has 19 heavy (non-hydrogen) atoms. The predicted octanol–water partition coefficient (Wildman–Crippen LogP) is 1.99. The highest BCUT2D eigenvalue weighted by Gasteiger charge is 2.14. The number of hydrogen-bond acceptors (Lipinski definition) is 4. The Morgan fingerprint density at radius 3 is 2.84 bits per heavy atom. The van der Waals surface area contributed by atoms with Crippen LogP contribution in [-0.2, 0) is 9.47 Å². The van der Waals surface area contributed by atoms with Gasteiger partial charge in [-0.25, -0.2) is 9.18 Å². The predicted molar refractivity (Wildman–Crippen MR) is 69.2 cm³/mol. The first-order chi connectivity index (χ1) is 9.16. The van der Waals surface area contributed by atoms with E-state index in [1.54, 1.807) is 7.11 Å². The molecule has 1 rings (SSSR count). The smallest absolute Gasteiger partial charge is 0.340 e. The molecule has 5 nitrogen and oxygen atoms in total. The number of ether oxygens (including phenoxy) is 2. The van der Waals surface area contributed by atoms with E-state index in [0.29, 0.717) is 32.8 Å². The minimum atomic E-state index is -1.28. The van der Waals surface area contributed by atoms with Crippen LogP contribution in [0.2, 0.25) is 0 Å². The van der Waals surface area contributed by atoms with Crippen LogP contribution in [0.5, 0.6) is 0 Å². The SMILES string of the molecule is COCCOCCCNc1cccc(F)c1C(=O)O. The molecule has 0 unspecified atom stereocenters. The number of anilines is 1. The summed E-state index contributed by atoms with van der Waals surface area (Å²) in [5, 5.41) is 11.8. The normalized spacial score (nSPS) is 10.4. The molecule has 0 aliphatic rings. The number of aromatic carboxylic acids is 1. The highest BCUT2D eigenvalue weighted by atomic mass is 19.1. The topological polar surface area (TPSA) is 67.8 Å². The van der Waals surface area contributed by atoms with Gasteiger partial charge >= 0.3 is 5.97 Å². The van der Waals surface area contributed by atoms with Gasteiger partial charge in [0.25, 0.3) is 0 Å². The minimum Gasteiger partial charge on any atom is -0.478 e. The van der Waals surface area contributed by atoms with Crippen LogP contribution in [0.4, 0.5) is 10.1 Å². The highest BCUT2D eigenvalue weighted by Crippen LogP contribution is 2.18. The van der Waals surface area contributed by atoms with Gasteiger partial charge in [0.1, 0.15) is 11.4 Å². The van der Waals surface area contributed by atoms with Crippen molar-refractivity contribution in [3.8, 4) is 0 Å². The number of halogens is 1. The van der Waals surface area contributed by atoms with Gasteiger partial charge in [0.15, 0.2) is 0 Å². The minimum absolute atomic E-state index is 0.282. The van der Waals surface area contributed by atoms with Crippen LogP contribution in [0.15, 0.2) is 18.2 Å². The van der Waals surface area contributed by atoms with Gasteiger partial charge in [-0.15, -0.1) is 0 Å². The van der Waals surface area contributed by atoms with E-state index in [-0.39, 0.29) is 11.3 Å². The Labute approximate surface area is 111 Å². The lowest BCUT2D eigenvalue weighted by Gasteiger charge is -2.10. The van der Waals surface area contributed by atoms with Crippen molar-refractivity contribution in [2.75, 3.05) is 38.8 Å². The van der Waals surface area contributed by atoms with E-state index in [2.05, 4.69) is 5.32 Å². The number of hydrogen-bond donors (Lipinski definition) is 2. The second-order valence-corrected chi connectivity index (χ2v) is 3.85. The molecule has 0 aliphatic heterocycles. The molecule has 0 saturated heterocycles. The Morgan fingerprint density at radius 2 is 2.16 bits per heavy atom. The fraction of sp³-hybridized carbons (Fsp3) is 0.462. The van der Waals surface area contributed by atoms with Crippen molar-refractivity contribution in [1.29, 1.82) is 0 Å². The number of rotatable bonds is 9. The Hall–Kier alpha value is -1.66. The van der Waals surface area contributed by atoms with Crippen LogP contribution in [-0.4, -0.2) is 44.6 Å². The molecule has 0 aromatic heterocycles. The van der Waals surface area contributed by atoms with Gasteiger partial charge in [0.05, 0.1) is 18.9 Å². The van der Waals surface area contributed by atoms with Gasteiger partial charge in [-0.2, -0.15) is 0 Å². The molecule has 0 aliphatic carbocycles. The molecule has 0 saturated carbocycles. The molecule has 1 aromatic carbocycles. The quantitative estimate of drug-likeness (QED) is 0.672. The van der Waals surface area contributed by atoms with E-state index in [0.717, 1.165) is 6.07 Å². The zero-order valence-electron chi connectivity index (χ0n) is 10.8. The number of benzene rings is 1. The van der Waals surface area contributed by atoms with Gasteiger partial charge in [-0.3, -0.25) is 0 Å². The van der Waals surface area contributed by atoms with E-state index in [9.17, 15) is 9.18 Å². The van der Waals surface area contributed by atoms with E-state index in [1.165, 1.54) is 12.1 Å². The lowest BCUT2D eigenvalue weighted by Crippen LogP contribution is -2.12. The molecule has 1 aromatic rings. The zero-order chi connectivity index (χ0) is 14.1. The maximum absolute atomic E-state index is 13.4. The summed E-state index contributed by atoms with van der Waals surface area (Å²) < 4.78 is 23.4. The first-order valence-electron chi connectivity index (χ1n) is 5.99. The van der Waals surface area contributed by atoms with Gasteiger partial charge in [0.2, 0.25) is 0 Å². The van der Waals surface area contributed by atoms with Crippen LogP contribution in [0.1, 0.15) is 16.8 Å². The molecule has 106 valence electrons. The first-order valence-corrected chi connectivity index (χ1v) is 5.99. The van der Waals surface area contributed by atoms with Gasteiger partial charge < -0.3 is 19.9 Å². The van der Waals surface area contributed by atoms with Crippen molar-refractivity contribution in [3.05, 3.63) is 29.6 Å². The summed E-state index contributed by atoms with van der Waals surface area (Å²) in [5.41, 5.74) is -0.0489. The van der Waals surface area contributed by atoms with Crippen molar-refractivity contribution in [3.63, 3.8) is 0 Å². The molecular formula is C13H18FNO4. The van der Waals surface area contributed by atoms with Crippen LogP contribution in [0.25, 0.3) is 0 Å². The fourth-order valence-electron chi connectivity index (χ4n) is 1.53.